The van der Waals surface area contributed by atoms with E-state index in [2.05, 4.69) is 4.74 Å². The summed E-state index contributed by atoms with van der Waals surface area (Å²) >= 11 is 0. The molecule has 0 aliphatic heterocycles. The molecule has 8 heteroatoms. The summed E-state index contributed by atoms with van der Waals surface area (Å²) in [4.78, 5) is 11.4. The van der Waals surface area contributed by atoms with Crippen LogP contribution in [0, 0.1) is 0 Å². The van der Waals surface area contributed by atoms with Gasteiger partial charge < -0.3 is 9.84 Å². The van der Waals surface area contributed by atoms with Crippen molar-refractivity contribution in [1.82, 2.24) is 0 Å². The number of aliphatic hydroxyl groups is 1. The summed E-state index contributed by atoms with van der Waals surface area (Å²) in [5.74, 6) is -8.67. The van der Waals surface area contributed by atoms with Gasteiger partial charge in [-0.05, 0) is 18.1 Å². The van der Waals surface area contributed by atoms with Gasteiger partial charge in [-0.25, -0.2) is 0 Å². The first-order valence-corrected chi connectivity index (χ1v) is 6.43. The van der Waals surface area contributed by atoms with Crippen LogP contribution >= 0.6 is 0 Å². The SMILES string of the molecule is CCOC(=O)CC(c1cccc(CO)c1)C(F)(F)C(F)(F)F. The fourth-order valence-corrected chi connectivity index (χ4v) is 1.95. The van der Waals surface area contributed by atoms with Gasteiger partial charge in [0.1, 0.15) is 0 Å². The molecule has 0 spiro atoms. The van der Waals surface area contributed by atoms with E-state index in [1.54, 1.807) is 0 Å². The third kappa shape index (κ3) is 4.16. The maximum absolute atomic E-state index is 13.7. The van der Waals surface area contributed by atoms with E-state index in [4.69, 9.17) is 5.11 Å². The number of alkyl halides is 5. The molecule has 0 bridgehead atoms. The predicted octanol–water partition coefficient (Wildman–Crippen LogP) is 3.41. The van der Waals surface area contributed by atoms with Gasteiger partial charge in [0.25, 0.3) is 0 Å². The molecule has 3 nitrogen and oxygen atoms in total. The van der Waals surface area contributed by atoms with E-state index < -0.39 is 37.0 Å². The molecule has 1 aromatic rings. The summed E-state index contributed by atoms with van der Waals surface area (Å²) in [5, 5.41) is 8.97. The number of carbonyl (C=O) groups excluding carboxylic acids is 1. The van der Waals surface area contributed by atoms with Gasteiger partial charge >= 0.3 is 18.1 Å². The van der Waals surface area contributed by atoms with Crippen molar-refractivity contribution in [3.8, 4) is 0 Å². The van der Waals surface area contributed by atoms with Crippen LogP contribution in [-0.2, 0) is 16.1 Å². The van der Waals surface area contributed by atoms with E-state index in [9.17, 15) is 26.7 Å². The molecule has 1 N–H and O–H groups in total. The second-order valence-corrected chi connectivity index (χ2v) is 4.59. The number of carbonyl (C=O) groups is 1. The van der Waals surface area contributed by atoms with E-state index in [1.807, 2.05) is 0 Å². The smallest absolute Gasteiger partial charge is 0.453 e. The Kier molecular flexibility index (Phi) is 5.87. The highest BCUT2D eigenvalue weighted by atomic mass is 19.4. The molecule has 1 rings (SSSR count). The Balaban J connectivity index is 3.24. The number of rotatable bonds is 6. The molecule has 0 saturated carbocycles. The molecule has 0 radical (unpaired) electrons. The number of esters is 1. The van der Waals surface area contributed by atoms with Gasteiger partial charge in [-0.15, -0.1) is 0 Å². The average molecular weight is 326 g/mol. The summed E-state index contributed by atoms with van der Waals surface area (Å²) in [7, 11) is 0. The Bertz CT molecular complexity index is 513. The van der Waals surface area contributed by atoms with Gasteiger partial charge in [0.05, 0.1) is 25.6 Å². The van der Waals surface area contributed by atoms with Crippen LogP contribution in [0.15, 0.2) is 24.3 Å². The number of ether oxygens (including phenoxy) is 1. The summed E-state index contributed by atoms with van der Waals surface area (Å²) < 4.78 is 69.8. The van der Waals surface area contributed by atoms with Crippen LogP contribution in [-0.4, -0.2) is 29.8 Å². The van der Waals surface area contributed by atoms with E-state index in [0.29, 0.717) is 0 Å². The average Bonchev–Trinajstić information content (AvgIpc) is 2.43. The topological polar surface area (TPSA) is 46.5 Å². The second-order valence-electron chi connectivity index (χ2n) is 4.59. The quantitative estimate of drug-likeness (QED) is 0.644. The van der Waals surface area contributed by atoms with Crippen LogP contribution in [0.3, 0.4) is 0 Å². The number of aliphatic hydroxyl groups excluding tert-OH is 1. The number of benzene rings is 1. The van der Waals surface area contributed by atoms with Gasteiger partial charge in [0.15, 0.2) is 0 Å². The van der Waals surface area contributed by atoms with E-state index >= 15 is 0 Å². The fraction of sp³-hybridized carbons (Fsp3) is 0.500. The first kappa shape index (κ1) is 18.3. The fourth-order valence-electron chi connectivity index (χ4n) is 1.95. The maximum Gasteiger partial charge on any atom is 0.453 e. The zero-order chi connectivity index (χ0) is 17.0. The summed E-state index contributed by atoms with van der Waals surface area (Å²) in [6.07, 6.45) is -6.92. The van der Waals surface area contributed by atoms with Crippen LogP contribution in [0.25, 0.3) is 0 Å². The molecule has 1 atom stereocenters. The zero-order valence-corrected chi connectivity index (χ0v) is 11.7. The number of hydrogen-bond acceptors (Lipinski definition) is 3. The molecule has 124 valence electrons. The molecule has 0 fully saturated rings. The van der Waals surface area contributed by atoms with Crippen molar-refractivity contribution in [2.45, 2.75) is 38.0 Å². The number of halogens is 5. The molecule has 0 amide bonds. The third-order valence-corrected chi connectivity index (χ3v) is 3.03. The molecule has 0 aromatic heterocycles. The van der Waals surface area contributed by atoms with Crippen molar-refractivity contribution in [2.24, 2.45) is 0 Å². The van der Waals surface area contributed by atoms with Crippen LogP contribution < -0.4 is 0 Å². The van der Waals surface area contributed by atoms with Gasteiger partial charge in [-0.3, -0.25) is 4.79 Å². The monoisotopic (exact) mass is 326 g/mol. The molecule has 1 aromatic carbocycles. The molecular formula is C14H15F5O3. The highest BCUT2D eigenvalue weighted by molar-refractivity contribution is 5.70. The predicted molar refractivity (Wildman–Crippen MR) is 67.4 cm³/mol. The summed E-state index contributed by atoms with van der Waals surface area (Å²) in [5.41, 5.74) is -0.216. The third-order valence-electron chi connectivity index (χ3n) is 3.03. The van der Waals surface area contributed by atoms with E-state index in [1.165, 1.54) is 19.1 Å². The Morgan fingerprint density at radius 2 is 1.91 bits per heavy atom. The minimum atomic E-state index is -5.81. The van der Waals surface area contributed by atoms with Gasteiger partial charge in [0, 0.05) is 0 Å². The molecule has 1 unspecified atom stereocenters. The Morgan fingerprint density at radius 1 is 1.27 bits per heavy atom. The number of hydrogen-bond donors (Lipinski definition) is 1. The van der Waals surface area contributed by atoms with Crippen LogP contribution in [0.2, 0.25) is 0 Å². The van der Waals surface area contributed by atoms with Crippen molar-refractivity contribution in [3.63, 3.8) is 0 Å². The van der Waals surface area contributed by atoms with Crippen molar-refractivity contribution < 1.29 is 36.6 Å². The minimum absolute atomic E-state index is 0.125. The zero-order valence-electron chi connectivity index (χ0n) is 11.7. The molecule has 0 saturated heterocycles. The molecular weight excluding hydrogens is 311 g/mol. The lowest BCUT2D eigenvalue weighted by atomic mass is 9.88. The van der Waals surface area contributed by atoms with Crippen LogP contribution in [0.4, 0.5) is 22.0 Å². The Labute approximate surface area is 123 Å². The first-order chi connectivity index (χ1) is 10.1. The molecule has 0 heterocycles. The van der Waals surface area contributed by atoms with Gasteiger partial charge in [-0.2, -0.15) is 22.0 Å². The van der Waals surface area contributed by atoms with Crippen molar-refractivity contribution in [3.05, 3.63) is 35.4 Å². The normalized spacial score (nSPS) is 13.8. The van der Waals surface area contributed by atoms with Gasteiger partial charge in [0.2, 0.25) is 0 Å². The Hall–Kier alpha value is -1.70. The second kappa shape index (κ2) is 7.04. The molecule has 0 aliphatic rings. The molecule has 0 aliphatic carbocycles. The van der Waals surface area contributed by atoms with Crippen molar-refractivity contribution in [1.29, 1.82) is 0 Å². The van der Waals surface area contributed by atoms with Crippen molar-refractivity contribution >= 4 is 5.97 Å². The minimum Gasteiger partial charge on any atom is -0.466 e. The van der Waals surface area contributed by atoms with E-state index in [-0.39, 0.29) is 17.7 Å². The Morgan fingerprint density at radius 3 is 2.41 bits per heavy atom. The highest BCUT2D eigenvalue weighted by Crippen LogP contribution is 2.47. The molecule has 22 heavy (non-hydrogen) atoms. The first-order valence-electron chi connectivity index (χ1n) is 6.43. The van der Waals surface area contributed by atoms with Gasteiger partial charge in [-0.1, -0.05) is 24.3 Å². The van der Waals surface area contributed by atoms with E-state index in [0.717, 1.165) is 12.1 Å². The largest absolute Gasteiger partial charge is 0.466 e. The van der Waals surface area contributed by atoms with Crippen LogP contribution in [0.1, 0.15) is 30.4 Å². The summed E-state index contributed by atoms with van der Waals surface area (Å²) in [6.45, 7) is 0.776. The lowest BCUT2D eigenvalue weighted by molar-refractivity contribution is -0.291. The van der Waals surface area contributed by atoms with Crippen LogP contribution in [0.5, 0.6) is 0 Å². The van der Waals surface area contributed by atoms with Crippen molar-refractivity contribution in [2.75, 3.05) is 6.61 Å². The summed E-state index contributed by atoms with van der Waals surface area (Å²) in [6, 6.07) is 4.69. The lowest BCUT2D eigenvalue weighted by Gasteiger charge is -2.28. The maximum atomic E-state index is 13.7. The highest BCUT2D eigenvalue weighted by Gasteiger charge is 2.62. The lowest BCUT2D eigenvalue weighted by Crippen LogP contribution is -2.43. The standard InChI is InChI=1S/C14H15F5O3/c1-2-22-12(21)7-11(13(15,16)14(17,18)19)10-5-3-4-9(6-10)8-20/h3-6,11,20H,2,7-8H2,1H3.